The third-order valence-electron chi connectivity index (χ3n) is 2.04. The highest BCUT2D eigenvalue weighted by Gasteiger charge is 2.04. The fourth-order valence-corrected chi connectivity index (χ4v) is 1.40. The minimum atomic E-state index is -3.57. The summed E-state index contributed by atoms with van der Waals surface area (Å²) in [4.78, 5) is 3.63. The zero-order valence-electron chi connectivity index (χ0n) is 9.58. The van der Waals surface area contributed by atoms with E-state index in [0.717, 1.165) is 5.69 Å². The molecule has 0 aliphatic rings. The van der Waals surface area contributed by atoms with Gasteiger partial charge in [-0.2, -0.15) is 5.10 Å². The number of primary sulfonamides is 1. The Morgan fingerprint density at radius 2 is 2.00 bits per heavy atom. The molecule has 0 aliphatic heterocycles. The molecule has 0 saturated heterocycles. The Kier molecular flexibility index (Phi) is 4.36. The monoisotopic (exact) mass is 254 g/mol. The minimum absolute atomic E-state index is 0.0370. The second-order valence-corrected chi connectivity index (χ2v) is 4.97. The van der Waals surface area contributed by atoms with Gasteiger partial charge >= 0.3 is 0 Å². The van der Waals surface area contributed by atoms with E-state index in [1.165, 1.54) is 30.1 Å². The Morgan fingerprint density at radius 3 is 2.24 bits per heavy atom. The van der Waals surface area contributed by atoms with Crippen molar-refractivity contribution in [2.45, 2.75) is 18.7 Å². The van der Waals surface area contributed by atoms with Crippen molar-refractivity contribution in [3.63, 3.8) is 0 Å². The molecule has 3 N–H and O–H groups in total. The molecule has 6 nitrogen and oxygen atoms in total. The van der Waals surface area contributed by atoms with Gasteiger partial charge in [0.05, 0.1) is 6.20 Å². The Morgan fingerprint density at radius 1 is 1.29 bits per heavy atom. The van der Waals surface area contributed by atoms with E-state index < -0.39 is 10.0 Å². The van der Waals surface area contributed by atoms with Gasteiger partial charge in [0.2, 0.25) is 10.0 Å². The molecule has 0 aliphatic carbocycles. The summed E-state index contributed by atoms with van der Waals surface area (Å²) < 4.78 is 21.1. The highest BCUT2D eigenvalue weighted by atomic mass is 32.2. The summed E-state index contributed by atoms with van der Waals surface area (Å²) >= 11 is 0. The number of aromatic amines is 1. The first kappa shape index (κ1) is 13.3. The number of aryl methyl sites for hydroxylation is 2. The number of nitrogens with one attached hydrogen (secondary N) is 1. The Hall–Kier alpha value is -1.73. The summed E-state index contributed by atoms with van der Waals surface area (Å²) in [5.74, 6) is 0. The van der Waals surface area contributed by atoms with Crippen LogP contribution in [0.15, 0.2) is 35.6 Å². The zero-order valence-corrected chi connectivity index (χ0v) is 10.4. The topological polar surface area (TPSA) is 102 Å². The molecule has 0 aromatic carbocycles. The predicted octanol–water partition coefficient (Wildman–Crippen LogP) is 0.756. The molecule has 2 heterocycles. The highest BCUT2D eigenvalue weighted by molar-refractivity contribution is 7.89. The van der Waals surface area contributed by atoms with Crippen LogP contribution in [0.25, 0.3) is 0 Å². The molecule has 2 aromatic rings. The number of hydrogen-bond donors (Lipinski definition) is 2. The molecule has 17 heavy (non-hydrogen) atoms. The van der Waals surface area contributed by atoms with Crippen LogP contribution in [0.3, 0.4) is 0 Å². The van der Waals surface area contributed by atoms with E-state index in [4.69, 9.17) is 5.14 Å². The van der Waals surface area contributed by atoms with Gasteiger partial charge in [0.1, 0.15) is 4.90 Å². The molecule has 0 bridgehead atoms. The molecule has 0 spiro atoms. The van der Waals surface area contributed by atoms with Gasteiger partial charge in [-0.3, -0.25) is 10.1 Å². The number of nitrogens with two attached hydrogens (primary N) is 1. The van der Waals surface area contributed by atoms with Crippen molar-refractivity contribution in [3.05, 3.63) is 42.0 Å². The largest absolute Gasteiger partial charge is 0.283 e. The molecule has 92 valence electrons. The second kappa shape index (κ2) is 5.55. The maximum atomic E-state index is 10.6. The molecule has 0 radical (unpaired) electrons. The summed E-state index contributed by atoms with van der Waals surface area (Å²) in [7, 11) is -3.57. The first-order chi connectivity index (χ1) is 7.91. The maximum absolute atomic E-state index is 10.6. The van der Waals surface area contributed by atoms with Crippen LogP contribution in [0.1, 0.15) is 11.3 Å². The molecule has 0 saturated carbocycles. The average molecular weight is 254 g/mol. The van der Waals surface area contributed by atoms with Gasteiger partial charge < -0.3 is 0 Å². The van der Waals surface area contributed by atoms with Crippen LogP contribution in [0, 0.1) is 13.8 Å². The lowest BCUT2D eigenvalue weighted by Gasteiger charge is -1.92. The molecular weight excluding hydrogens is 240 g/mol. The molecule has 2 aromatic heterocycles. The van der Waals surface area contributed by atoms with Crippen molar-refractivity contribution < 1.29 is 8.42 Å². The van der Waals surface area contributed by atoms with Crippen molar-refractivity contribution in [2.24, 2.45) is 5.14 Å². The number of H-pyrrole nitrogens is 1. The van der Waals surface area contributed by atoms with Crippen molar-refractivity contribution in [1.82, 2.24) is 15.2 Å². The molecule has 0 amide bonds. The van der Waals surface area contributed by atoms with Gasteiger partial charge in [0.15, 0.2) is 0 Å². The van der Waals surface area contributed by atoms with E-state index in [1.807, 2.05) is 20.0 Å². The predicted molar refractivity (Wildman–Crippen MR) is 63.7 cm³/mol. The standard InChI is InChI=1S/C5H6N2O2S.C5H8N2/c6-10(8,9)5-2-1-3-7-4-5;1-4-3-6-7-5(4)2/h1-4H,(H2,6,8,9);3H,1-2H3,(H,6,7). The average Bonchev–Trinajstić information content (AvgIpc) is 2.64. The molecule has 2 rings (SSSR count). The molecular formula is C10H14N4O2S. The van der Waals surface area contributed by atoms with Gasteiger partial charge in [-0.15, -0.1) is 0 Å². The normalized spacial score (nSPS) is 10.5. The minimum Gasteiger partial charge on any atom is -0.283 e. The third kappa shape index (κ3) is 4.33. The van der Waals surface area contributed by atoms with E-state index >= 15 is 0 Å². The van der Waals surface area contributed by atoms with E-state index in [2.05, 4.69) is 15.2 Å². The molecule has 0 unspecified atom stereocenters. The van der Waals surface area contributed by atoms with Crippen LogP contribution in [-0.2, 0) is 10.0 Å². The lowest BCUT2D eigenvalue weighted by molar-refractivity contribution is 0.597. The summed E-state index contributed by atoms with van der Waals surface area (Å²) in [6.45, 7) is 4.03. The summed E-state index contributed by atoms with van der Waals surface area (Å²) in [5.41, 5.74) is 2.38. The van der Waals surface area contributed by atoms with Crippen LogP contribution in [0.5, 0.6) is 0 Å². The van der Waals surface area contributed by atoms with E-state index in [1.54, 1.807) is 0 Å². The zero-order chi connectivity index (χ0) is 12.9. The fourth-order valence-electron chi connectivity index (χ4n) is 0.926. The van der Waals surface area contributed by atoms with E-state index in [-0.39, 0.29) is 4.90 Å². The van der Waals surface area contributed by atoms with Crippen LogP contribution in [-0.4, -0.2) is 23.6 Å². The van der Waals surface area contributed by atoms with Crippen LogP contribution < -0.4 is 5.14 Å². The van der Waals surface area contributed by atoms with Crippen molar-refractivity contribution in [2.75, 3.05) is 0 Å². The van der Waals surface area contributed by atoms with Gasteiger partial charge in [0.25, 0.3) is 0 Å². The van der Waals surface area contributed by atoms with Gasteiger partial charge in [0, 0.05) is 18.1 Å². The first-order valence-corrected chi connectivity index (χ1v) is 6.35. The van der Waals surface area contributed by atoms with Crippen LogP contribution >= 0.6 is 0 Å². The van der Waals surface area contributed by atoms with E-state index in [0.29, 0.717) is 0 Å². The SMILES string of the molecule is Cc1cn[nH]c1C.NS(=O)(=O)c1cccnc1. The lowest BCUT2D eigenvalue weighted by atomic mass is 10.3. The number of pyridine rings is 1. The van der Waals surface area contributed by atoms with Gasteiger partial charge in [-0.1, -0.05) is 0 Å². The number of hydrogen-bond acceptors (Lipinski definition) is 4. The quantitative estimate of drug-likeness (QED) is 0.784. The molecule has 7 heteroatoms. The summed E-state index contributed by atoms with van der Waals surface area (Å²) in [5, 5.41) is 11.4. The van der Waals surface area contributed by atoms with Crippen LogP contribution in [0.4, 0.5) is 0 Å². The number of nitrogens with zero attached hydrogens (tertiary/aromatic N) is 2. The summed E-state index contributed by atoms with van der Waals surface area (Å²) in [6, 6.07) is 2.90. The molecule has 0 fully saturated rings. The Balaban J connectivity index is 0.000000181. The smallest absolute Gasteiger partial charge is 0.239 e. The van der Waals surface area contributed by atoms with Crippen molar-refractivity contribution >= 4 is 10.0 Å². The number of rotatable bonds is 1. The summed E-state index contributed by atoms with van der Waals surface area (Å²) in [6.07, 6.45) is 4.50. The highest BCUT2D eigenvalue weighted by Crippen LogP contribution is 2.00. The Labute approximate surface area is 99.9 Å². The lowest BCUT2D eigenvalue weighted by Crippen LogP contribution is -2.11. The van der Waals surface area contributed by atoms with Crippen molar-refractivity contribution in [3.8, 4) is 0 Å². The first-order valence-electron chi connectivity index (χ1n) is 4.80. The number of sulfonamides is 1. The van der Waals surface area contributed by atoms with Gasteiger partial charge in [-0.25, -0.2) is 13.6 Å². The Bertz CT molecular complexity index is 547. The van der Waals surface area contributed by atoms with E-state index in [9.17, 15) is 8.42 Å². The number of aromatic nitrogens is 3. The fraction of sp³-hybridized carbons (Fsp3) is 0.200. The van der Waals surface area contributed by atoms with Crippen LogP contribution in [0.2, 0.25) is 0 Å². The second-order valence-electron chi connectivity index (χ2n) is 3.41. The third-order valence-corrected chi connectivity index (χ3v) is 2.94. The van der Waals surface area contributed by atoms with Gasteiger partial charge in [-0.05, 0) is 31.5 Å². The van der Waals surface area contributed by atoms with Crippen molar-refractivity contribution in [1.29, 1.82) is 0 Å². The maximum Gasteiger partial charge on any atom is 0.239 e. The molecule has 0 atom stereocenters.